The predicted octanol–water partition coefficient (Wildman–Crippen LogP) is 2.81. The van der Waals surface area contributed by atoms with E-state index in [1.54, 1.807) is 0 Å². The zero-order chi connectivity index (χ0) is 14.9. The minimum absolute atomic E-state index is 0.00775. The maximum atomic E-state index is 12.6. The van der Waals surface area contributed by atoms with Gasteiger partial charge in [0.25, 0.3) is 5.69 Å². The Balaban J connectivity index is 2.48. The van der Waals surface area contributed by atoms with Gasteiger partial charge in [-0.25, -0.2) is 8.42 Å². The van der Waals surface area contributed by atoms with Gasteiger partial charge in [0.1, 0.15) is 4.90 Å². The summed E-state index contributed by atoms with van der Waals surface area (Å²) in [5.74, 6) is 0. The molecule has 0 spiro atoms. The summed E-state index contributed by atoms with van der Waals surface area (Å²) >= 11 is 5.92. The molecule has 1 fully saturated rings. The minimum atomic E-state index is -3.80. The number of nitro groups is 1. The number of piperidine rings is 1. The van der Waals surface area contributed by atoms with Gasteiger partial charge < -0.3 is 0 Å². The summed E-state index contributed by atoms with van der Waals surface area (Å²) in [6.07, 6.45) is 2.55. The normalized spacial score (nSPS) is 20.8. The monoisotopic (exact) mass is 318 g/mol. The van der Waals surface area contributed by atoms with Crippen LogP contribution in [0.15, 0.2) is 23.1 Å². The number of nitro benzene ring substituents is 1. The zero-order valence-electron chi connectivity index (χ0n) is 11.0. The molecular formula is C12H15ClN2O4S. The van der Waals surface area contributed by atoms with Crippen molar-refractivity contribution in [3.63, 3.8) is 0 Å². The van der Waals surface area contributed by atoms with Gasteiger partial charge in [-0.3, -0.25) is 10.1 Å². The third-order valence-electron chi connectivity index (χ3n) is 3.45. The Morgan fingerprint density at radius 2 is 2.10 bits per heavy atom. The van der Waals surface area contributed by atoms with Gasteiger partial charge in [0.05, 0.1) is 9.95 Å². The van der Waals surface area contributed by atoms with E-state index in [1.807, 2.05) is 6.92 Å². The van der Waals surface area contributed by atoms with Crippen molar-refractivity contribution in [2.45, 2.75) is 37.1 Å². The highest BCUT2D eigenvalue weighted by Crippen LogP contribution is 2.31. The van der Waals surface area contributed by atoms with Crippen LogP contribution in [0.1, 0.15) is 26.2 Å². The number of halogens is 1. The van der Waals surface area contributed by atoms with Crippen LogP contribution in [-0.4, -0.2) is 30.2 Å². The number of rotatable bonds is 3. The Morgan fingerprint density at radius 1 is 1.40 bits per heavy atom. The van der Waals surface area contributed by atoms with E-state index in [4.69, 9.17) is 11.6 Å². The molecule has 110 valence electrons. The van der Waals surface area contributed by atoms with Gasteiger partial charge in [-0.05, 0) is 25.8 Å². The zero-order valence-corrected chi connectivity index (χ0v) is 12.5. The SMILES string of the molecule is C[C@H]1CCCCN1S(=O)(=O)c1cc([N+](=O)[O-])ccc1Cl. The highest BCUT2D eigenvalue weighted by molar-refractivity contribution is 7.89. The second-order valence-electron chi connectivity index (χ2n) is 4.83. The molecule has 1 heterocycles. The summed E-state index contributed by atoms with van der Waals surface area (Å²) in [4.78, 5) is 9.96. The molecule has 8 heteroatoms. The van der Waals surface area contributed by atoms with Gasteiger partial charge in [-0.15, -0.1) is 0 Å². The third kappa shape index (κ3) is 2.79. The molecule has 0 radical (unpaired) electrons. The Morgan fingerprint density at radius 3 is 2.70 bits per heavy atom. The van der Waals surface area contributed by atoms with E-state index in [0.29, 0.717) is 6.54 Å². The van der Waals surface area contributed by atoms with E-state index in [0.717, 1.165) is 25.3 Å². The molecule has 0 unspecified atom stereocenters. The average molecular weight is 319 g/mol. The third-order valence-corrected chi connectivity index (χ3v) is 5.95. The Hall–Kier alpha value is -1.18. The van der Waals surface area contributed by atoms with Gasteiger partial charge in [0, 0.05) is 24.7 Å². The molecule has 0 amide bonds. The van der Waals surface area contributed by atoms with Crippen molar-refractivity contribution < 1.29 is 13.3 Å². The summed E-state index contributed by atoms with van der Waals surface area (Å²) < 4.78 is 26.6. The Bertz CT molecular complexity index is 632. The molecule has 20 heavy (non-hydrogen) atoms. The fourth-order valence-corrected chi connectivity index (χ4v) is 4.55. The summed E-state index contributed by atoms with van der Waals surface area (Å²) in [5.41, 5.74) is -0.280. The van der Waals surface area contributed by atoms with Crippen molar-refractivity contribution in [2.24, 2.45) is 0 Å². The first-order chi connectivity index (χ1) is 9.34. The molecule has 2 rings (SSSR count). The molecular weight excluding hydrogens is 304 g/mol. The van der Waals surface area contributed by atoms with Crippen LogP contribution < -0.4 is 0 Å². The fraction of sp³-hybridized carbons (Fsp3) is 0.500. The van der Waals surface area contributed by atoms with E-state index in [-0.39, 0.29) is 21.6 Å². The van der Waals surface area contributed by atoms with Gasteiger partial charge >= 0.3 is 0 Å². The minimum Gasteiger partial charge on any atom is -0.258 e. The number of hydrogen-bond acceptors (Lipinski definition) is 4. The van der Waals surface area contributed by atoms with E-state index < -0.39 is 14.9 Å². The molecule has 6 nitrogen and oxygen atoms in total. The Kier molecular flexibility index (Phi) is 4.31. The predicted molar refractivity (Wildman–Crippen MR) is 75.3 cm³/mol. The molecule has 0 bridgehead atoms. The van der Waals surface area contributed by atoms with Crippen LogP contribution in [-0.2, 0) is 10.0 Å². The molecule has 1 aliphatic heterocycles. The number of hydrogen-bond donors (Lipinski definition) is 0. The first-order valence-electron chi connectivity index (χ1n) is 6.30. The van der Waals surface area contributed by atoms with Crippen LogP contribution in [0, 0.1) is 10.1 Å². The smallest absolute Gasteiger partial charge is 0.258 e. The lowest BCUT2D eigenvalue weighted by Gasteiger charge is -2.32. The van der Waals surface area contributed by atoms with Gasteiger partial charge in [-0.2, -0.15) is 4.31 Å². The first-order valence-corrected chi connectivity index (χ1v) is 8.11. The number of non-ortho nitro benzene ring substituents is 1. The van der Waals surface area contributed by atoms with Crippen molar-refractivity contribution in [2.75, 3.05) is 6.54 Å². The van der Waals surface area contributed by atoms with Crippen molar-refractivity contribution in [1.29, 1.82) is 0 Å². The highest BCUT2D eigenvalue weighted by atomic mass is 35.5. The lowest BCUT2D eigenvalue weighted by Crippen LogP contribution is -2.42. The molecule has 0 N–H and O–H groups in total. The van der Waals surface area contributed by atoms with Crippen LogP contribution in [0.3, 0.4) is 0 Å². The van der Waals surface area contributed by atoms with Gasteiger partial charge in [0.2, 0.25) is 10.0 Å². The van der Waals surface area contributed by atoms with Gasteiger partial charge in [-0.1, -0.05) is 18.0 Å². The summed E-state index contributed by atoms with van der Waals surface area (Å²) in [6.45, 7) is 2.25. The molecule has 1 aliphatic rings. The van der Waals surface area contributed by atoms with Crippen LogP contribution in [0.25, 0.3) is 0 Å². The van der Waals surface area contributed by atoms with Crippen LogP contribution in [0.2, 0.25) is 5.02 Å². The highest BCUT2D eigenvalue weighted by Gasteiger charge is 2.33. The average Bonchev–Trinajstić information content (AvgIpc) is 2.39. The number of nitrogens with zero attached hydrogens (tertiary/aromatic N) is 2. The molecule has 1 atom stereocenters. The first kappa shape index (κ1) is 15.2. The lowest BCUT2D eigenvalue weighted by molar-refractivity contribution is -0.385. The van der Waals surface area contributed by atoms with Crippen molar-refractivity contribution in [3.8, 4) is 0 Å². The summed E-state index contributed by atoms with van der Waals surface area (Å²) in [7, 11) is -3.80. The van der Waals surface area contributed by atoms with Crippen LogP contribution >= 0.6 is 11.6 Å². The second kappa shape index (κ2) is 5.67. The van der Waals surface area contributed by atoms with Crippen LogP contribution in [0.5, 0.6) is 0 Å². The van der Waals surface area contributed by atoms with E-state index in [1.165, 1.54) is 16.4 Å². The molecule has 1 aromatic rings. The number of sulfonamides is 1. The molecule has 1 aromatic carbocycles. The maximum Gasteiger partial charge on any atom is 0.270 e. The van der Waals surface area contributed by atoms with Crippen LogP contribution in [0.4, 0.5) is 5.69 Å². The van der Waals surface area contributed by atoms with Crippen molar-refractivity contribution in [3.05, 3.63) is 33.3 Å². The fourth-order valence-electron chi connectivity index (χ4n) is 2.36. The van der Waals surface area contributed by atoms with E-state index in [9.17, 15) is 18.5 Å². The number of benzene rings is 1. The standard InChI is InChI=1S/C12H15ClN2O4S/c1-9-4-2-3-7-14(9)20(18,19)12-8-10(15(16)17)5-6-11(12)13/h5-6,8-9H,2-4,7H2,1H3/t9-/m0/s1. The maximum absolute atomic E-state index is 12.6. The molecule has 0 aromatic heterocycles. The summed E-state index contributed by atoms with van der Waals surface area (Å²) in [6, 6.07) is 3.35. The molecule has 0 saturated carbocycles. The Labute approximate surface area is 122 Å². The van der Waals surface area contributed by atoms with Crippen molar-refractivity contribution >= 4 is 27.3 Å². The topological polar surface area (TPSA) is 80.5 Å². The largest absolute Gasteiger partial charge is 0.270 e. The van der Waals surface area contributed by atoms with Gasteiger partial charge in [0.15, 0.2) is 0 Å². The molecule has 0 aliphatic carbocycles. The molecule has 1 saturated heterocycles. The summed E-state index contributed by atoms with van der Waals surface area (Å²) in [5, 5.41) is 10.8. The lowest BCUT2D eigenvalue weighted by atomic mass is 10.1. The van der Waals surface area contributed by atoms with E-state index >= 15 is 0 Å². The van der Waals surface area contributed by atoms with E-state index in [2.05, 4.69) is 0 Å². The second-order valence-corrected chi connectivity index (χ2v) is 7.10. The van der Waals surface area contributed by atoms with Crippen molar-refractivity contribution in [1.82, 2.24) is 4.31 Å². The quantitative estimate of drug-likeness (QED) is 0.634.